The minimum absolute atomic E-state index is 0.635. The van der Waals surface area contributed by atoms with Crippen molar-refractivity contribution in [2.45, 2.75) is 0 Å². The van der Waals surface area contributed by atoms with E-state index in [4.69, 9.17) is 11.6 Å². The first kappa shape index (κ1) is 5.18. The maximum atomic E-state index is 5.41. The van der Waals surface area contributed by atoms with E-state index < -0.39 is 0 Å². The van der Waals surface area contributed by atoms with Gasteiger partial charge >= 0.3 is 0 Å². The molecule has 0 bridgehead atoms. The molecule has 1 heterocycles. The number of allylic oxidation sites excluding steroid dienone is 2. The van der Waals surface area contributed by atoms with Crippen LogP contribution in [-0.4, -0.2) is 11.6 Å². The summed E-state index contributed by atoms with van der Waals surface area (Å²) in [7, 11) is 0. The largest absolute Gasteiger partial charge is 0.401 e. The van der Waals surface area contributed by atoms with Gasteiger partial charge in [0.1, 0.15) is 0 Å². The molecule has 0 saturated carbocycles. The number of hydrazine groups is 1. The van der Waals surface area contributed by atoms with Crippen LogP contribution in [0.5, 0.6) is 0 Å². The summed E-state index contributed by atoms with van der Waals surface area (Å²) in [6.45, 7) is 0.635. The van der Waals surface area contributed by atoms with Gasteiger partial charge in [0, 0.05) is 11.9 Å². The van der Waals surface area contributed by atoms with Gasteiger partial charge in [-0.05, 0) is 12.2 Å². The Morgan fingerprint density at radius 1 is 1.62 bits per heavy atom. The van der Waals surface area contributed by atoms with E-state index in [9.17, 15) is 0 Å². The minimum atomic E-state index is 0.635. The summed E-state index contributed by atoms with van der Waals surface area (Å²) in [5.41, 5.74) is 6.21. The molecule has 4 N–H and O–H groups in total. The number of hydrogen-bond acceptors (Lipinski definition) is 3. The van der Waals surface area contributed by atoms with E-state index in [-0.39, 0.29) is 0 Å². The summed E-state index contributed by atoms with van der Waals surface area (Å²) >= 11 is 0. The molecular formula is C5H9N3. The molecule has 3 nitrogen and oxygen atoms in total. The molecule has 1 aliphatic heterocycles. The first-order valence-corrected chi connectivity index (χ1v) is 2.43. The Morgan fingerprint density at radius 3 is 2.75 bits per heavy atom. The van der Waals surface area contributed by atoms with Gasteiger partial charge in [0.05, 0.1) is 6.54 Å². The molecule has 0 unspecified atom stereocenters. The summed E-state index contributed by atoms with van der Waals surface area (Å²) in [6.07, 6.45) is 5.43. The van der Waals surface area contributed by atoms with Crippen molar-refractivity contribution in [2.24, 2.45) is 11.6 Å². The zero-order chi connectivity index (χ0) is 5.98. The van der Waals surface area contributed by atoms with Gasteiger partial charge in [0.15, 0.2) is 0 Å². The maximum absolute atomic E-state index is 5.41. The van der Waals surface area contributed by atoms with Crippen molar-refractivity contribution in [1.82, 2.24) is 5.01 Å². The van der Waals surface area contributed by atoms with Crippen molar-refractivity contribution in [3.8, 4) is 0 Å². The highest BCUT2D eigenvalue weighted by molar-refractivity contribution is 5.14. The Balaban J connectivity index is 2.59. The Morgan fingerprint density at radius 2 is 2.38 bits per heavy atom. The van der Waals surface area contributed by atoms with E-state index in [1.165, 1.54) is 5.01 Å². The predicted molar refractivity (Wildman–Crippen MR) is 32.3 cm³/mol. The molecule has 0 saturated heterocycles. The fourth-order valence-electron chi connectivity index (χ4n) is 0.593. The van der Waals surface area contributed by atoms with Crippen molar-refractivity contribution in [3.05, 3.63) is 24.0 Å². The molecule has 0 radical (unpaired) electrons. The zero-order valence-electron chi connectivity index (χ0n) is 4.54. The predicted octanol–water partition coefficient (Wildman–Crippen LogP) is -0.468. The maximum Gasteiger partial charge on any atom is 0.0730 e. The van der Waals surface area contributed by atoms with E-state index in [0.717, 1.165) is 5.70 Å². The van der Waals surface area contributed by atoms with Gasteiger partial charge in [0.25, 0.3) is 0 Å². The number of nitrogens with zero attached hydrogens (tertiary/aromatic N) is 1. The van der Waals surface area contributed by atoms with Gasteiger partial charge in [-0.2, -0.15) is 0 Å². The lowest BCUT2D eigenvalue weighted by molar-refractivity contribution is 0.421. The van der Waals surface area contributed by atoms with Crippen molar-refractivity contribution in [2.75, 3.05) is 6.54 Å². The zero-order valence-corrected chi connectivity index (χ0v) is 4.54. The average molecular weight is 111 g/mol. The fraction of sp³-hybridized carbons (Fsp3) is 0.200. The van der Waals surface area contributed by atoms with Gasteiger partial charge in [-0.15, -0.1) is 0 Å². The summed E-state index contributed by atoms with van der Waals surface area (Å²) in [4.78, 5) is 0. The highest BCUT2D eigenvalue weighted by Crippen LogP contribution is 1.95. The highest BCUT2D eigenvalue weighted by Gasteiger charge is 1.96. The topological polar surface area (TPSA) is 55.3 Å². The van der Waals surface area contributed by atoms with Crippen LogP contribution in [-0.2, 0) is 0 Å². The van der Waals surface area contributed by atoms with Gasteiger partial charge in [-0.25, -0.2) is 5.84 Å². The van der Waals surface area contributed by atoms with Crippen LogP contribution in [0.25, 0.3) is 0 Å². The van der Waals surface area contributed by atoms with Gasteiger partial charge < -0.3 is 10.7 Å². The van der Waals surface area contributed by atoms with Crippen LogP contribution in [0.3, 0.4) is 0 Å². The highest BCUT2D eigenvalue weighted by atomic mass is 15.4. The van der Waals surface area contributed by atoms with Crippen LogP contribution >= 0.6 is 0 Å². The van der Waals surface area contributed by atoms with Crippen LogP contribution in [0.2, 0.25) is 0 Å². The fourth-order valence-corrected chi connectivity index (χ4v) is 0.593. The monoisotopic (exact) mass is 111 g/mol. The van der Waals surface area contributed by atoms with E-state index in [1.807, 2.05) is 12.2 Å². The van der Waals surface area contributed by atoms with E-state index in [1.54, 1.807) is 6.20 Å². The third kappa shape index (κ3) is 1.01. The van der Waals surface area contributed by atoms with E-state index >= 15 is 0 Å². The Bertz CT molecular complexity index is 137. The van der Waals surface area contributed by atoms with Crippen molar-refractivity contribution in [1.29, 1.82) is 0 Å². The second kappa shape index (κ2) is 1.88. The second-order valence-corrected chi connectivity index (χ2v) is 1.76. The lowest BCUT2D eigenvalue weighted by atomic mass is 10.3. The van der Waals surface area contributed by atoms with Crippen LogP contribution in [0.4, 0.5) is 0 Å². The summed E-state index contributed by atoms with van der Waals surface area (Å²) in [6, 6.07) is 0. The molecule has 44 valence electrons. The Hall–Kier alpha value is -0.960. The average Bonchev–Trinajstić information content (AvgIpc) is 1.64. The molecule has 1 aliphatic rings. The molecule has 1 rings (SSSR count). The molecule has 0 spiro atoms. The first-order chi connectivity index (χ1) is 3.79. The molecule has 0 aromatic carbocycles. The molecule has 0 amide bonds. The molecule has 0 aliphatic carbocycles. The lowest BCUT2D eigenvalue weighted by Crippen LogP contribution is -2.30. The molecule has 8 heavy (non-hydrogen) atoms. The Labute approximate surface area is 48.2 Å². The van der Waals surface area contributed by atoms with Gasteiger partial charge in [-0.3, -0.25) is 0 Å². The van der Waals surface area contributed by atoms with E-state index in [0.29, 0.717) is 6.54 Å². The molecular weight excluding hydrogens is 102 g/mol. The summed E-state index contributed by atoms with van der Waals surface area (Å²) in [5, 5.41) is 1.54. The standard InChI is InChI=1S/C5H9N3/c6-5-2-1-3-8(7)4-5/h1-3H,4,6-7H2. The normalized spacial score (nSPS) is 18.6. The first-order valence-electron chi connectivity index (χ1n) is 2.43. The SMILES string of the molecule is NC1=CC=CN(N)C1. The van der Waals surface area contributed by atoms with Crippen LogP contribution in [0, 0.1) is 0 Å². The van der Waals surface area contributed by atoms with E-state index in [2.05, 4.69) is 0 Å². The quantitative estimate of drug-likeness (QED) is 0.415. The summed E-state index contributed by atoms with van der Waals surface area (Å²) in [5.74, 6) is 5.35. The molecule has 0 aromatic rings. The molecule has 0 atom stereocenters. The van der Waals surface area contributed by atoms with Crippen molar-refractivity contribution in [3.63, 3.8) is 0 Å². The van der Waals surface area contributed by atoms with Crippen LogP contribution in [0.1, 0.15) is 0 Å². The molecule has 0 fully saturated rings. The smallest absolute Gasteiger partial charge is 0.0730 e. The third-order valence-electron chi connectivity index (χ3n) is 0.953. The number of nitrogens with two attached hydrogens (primary N) is 2. The summed E-state index contributed by atoms with van der Waals surface area (Å²) < 4.78 is 0. The van der Waals surface area contributed by atoms with Gasteiger partial charge in [0.2, 0.25) is 0 Å². The van der Waals surface area contributed by atoms with Crippen molar-refractivity contribution >= 4 is 0 Å². The number of hydrogen-bond donors (Lipinski definition) is 2. The van der Waals surface area contributed by atoms with Crippen LogP contribution < -0.4 is 11.6 Å². The Kier molecular flexibility index (Phi) is 1.22. The van der Waals surface area contributed by atoms with Crippen LogP contribution in [0.15, 0.2) is 24.0 Å². The minimum Gasteiger partial charge on any atom is -0.401 e. The second-order valence-electron chi connectivity index (χ2n) is 1.76. The van der Waals surface area contributed by atoms with Crippen molar-refractivity contribution < 1.29 is 0 Å². The third-order valence-corrected chi connectivity index (χ3v) is 0.953. The molecule has 0 aromatic heterocycles. The molecule has 3 heteroatoms. The van der Waals surface area contributed by atoms with Gasteiger partial charge in [-0.1, -0.05) is 0 Å². The lowest BCUT2D eigenvalue weighted by Gasteiger charge is -2.15. The number of rotatable bonds is 0.